The minimum Gasteiger partial charge on any atom is -0.390 e. The molecule has 5 nitrogen and oxygen atoms in total. The van der Waals surface area contributed by atoms with E-state index in [0.717, 1.165) is 9.87 Å². The van der Waals surface area contributed by atoms with Crippen molar-refractivity contribution < 1.29 is 13.5 Å². The molecular formula is C11H18N2O3S. The van der Waals surface area contributed by atoms with Gasteiger partial charge in [-0.05, 0) is 19.1 Å². The highest BCUT2D eigenvalue weighted by atomic mass is 32.2. The van der Waals surface area contributed by atoms with E-state index >= 15 is 0 Å². The zero-order valence-corrected chi connectivity index (χ0v) is 10.8. The lowest BCUT2D eigenvalue weighted by atomic mass is 10.2. The van der Waals surface area contributed by atoms with E-state index in [1.165, 1.54) is 7.05 Å². The molecule has 0 amide bonds. The molecule has 1 aromatic carbocycles. The van der Waals surface area contributed by atoms with Gasteiger partial charge in [-0.2, -0.15) is 4.31 Å². The van der Waals surface area contributed by atoms with E-state index in [1.807, 2.05) is 6.92 Å². The number of nitrogens with two attached hydrogens (primary N) is 1. The van der Waals surface area contributed by atoms with Crippen LogP contribution in [0.1, 0.15) is 5.56 Å². The first-order chi connectivity index (χ1) is 7.87. The summed E-state index contributed by atoms with van der Waals surface area (Å²) in [5.41, 5.74) is 6.24. The van der Waals surface area contributed by atoms with Crippen LogP contribution < -0.4 is 5.73 Å². The van der Waals surface area contributed by atoms with Crippen LogP contribution in [0.15, 0.2) is 29.2 Å². The normalized spacial score (nSPS) is 13.9. The van der Waals surface area contributed by atoms with Gasteiger partial charge < -0.3 is 10.8 Å². The minimum atomic E-state index is -3.54. The first-order valence-corrected chi connectivity index (χ1v) is 6.73. The Morgan fingerprint density at radius 1 is 1.35 bits per heavy atom. The van der Waals surface area contributed by atoms with E-state index in [4.69, 9.17) is 5.73 Å². The van der Waals surface area contributed by atoms with E-state index < -0.39 is 16.1 Å². The maximum atomic E-state index is 12.1. The number of benzene rings is 1. The number of sulfonamides is 1. The van der Waals surface area contributed by atoms with Crippen LogP contribution in [-0.2, 0) is 10.0 Å². The van der Waals surface area contributed by atoms with Crippen LogP contribution in [0.2, 0.25) is 0 Å². The van der Waals surface area contributed by atoms with Crippen LogP contribution in [0.3, 0.4) is 0 Å². The lowest BCUT2D eigenvalue weighted by molar-refractivity contribution is 0.160. The molecule has 0 saturated heterocycles. The Kier molecular flexibility index (Phi) is 4.64. The largest absolute Gasteiger partial charge is 0.390 e. The summed E-state index contributed by atoms with van der Waals surface area (Å²) >= 11 is 0. The van der Waals surface area contributed by atoms with Crippen LogP contribution in [0.4, 0.5) is 0 Å². The van der Waals surface area contributed by atoms with E-state index in [-0.39, 0.29) is 18.0 Å². The number of hydrogen-bond donors (Lipinski definition) is 2. The predicted molar refractivity (Wildman–Crippen MR) is 66.1 cm³/mol. The van der Waals surface area contributed by atoms with Crippen molar-refractivity contribution in [3.8, 4) is 0 Å². The molecule has 3 N–H and O–H groups in total. The molecule has 0 aliphatic rings. The summed E-state index contributed by atoms with van der Waals surface area (Å²) in [5.74, 6) is 0. The topological polar surface area (TPSA) is 83.6 Å². The average molecular weight is 258 g/mol. The van der Waals surface area contributed by atoms with Gasteiger partial charge in [-0.15, -0.1) is 0 Å². The van der Waals surface area contributed by atoms with Gasteiger partial charge in [0.1, 0.15) is 0 Å². The van der Waals surface area contributed by atoms with Crippen LogP contribution in [-0.4, -0.2) is 44.1 Å². The molecule has 17 heavy (non-hydrogen) atoms. The van der Waals surface area contributed by atoms with Gasteiger partial charge in [-0.25, -0.2) is 8.42 Å². The van der Waals surface area contributed by atoms with Gasteiger partial charge >= 0.3 is 0 Å². The Balaban J connectivity index is 2.91. The maximum Gasteiger partial charge on any atom is 0.242 e. The van der Waals surface area contributed by atoms with Gasteiger partial charge in [-0.3, -0.25) is 0 Å². The quantitative estimate of drug-likeness (QED) is 0.774. The van der Waals surface area contributed by atoms with Crippen molar-refractivity contribution in [2.45, 2.75) is 17.9 Å². The predicted octanol–water partition coefficient (Wildman–Crippen LogP) is -0.0649. The van der Waals surface area contributed by atoms with Gasteiger partial charge in [0.15, 0.2) is 0 Å². The molecule has 1 atom stereocenters. The SMILES string of the molecule is Cc1ccc(S(=O)(=O)N(C)CC(O)CN)cc1. The summed E-state index contributed by atoms with van der Waals surface area (Å²) in [7, 11) is -2.12. The van der Waals surface area contributed by atoms with Gasteiger partial charge in [-0.1, -0.05) is 17.7 Å². The van der Waals surface area contributed by atoms with E-state index in [1.54, 1.807) is 24.3 Å². The molecule has 0 spiro atoms. The van der Waals surface area contributed by atoms with E-state index in [2.05, 4.69) is 0 Å². The van der Waals surface area contributed by atoms with Crippen LogP contribution in [0, 0.1) is 6.92 Å². The molecule has 0 saturated carbocycles. The van der Waals surface area contributed by atoms with Crippen molar-refractivity contribution in [3.05, 3.63) is 29.8 Å². The maximum absolute atomic E-state index is 12.1. The van der Waals surface area contributed by atoms with Crippen molar-refractivity contribution in [2.24, 2.45) is 5.73 Å². The Morgan fingerprint density at radius 2 is 1.88 bits per heavy atom. The van der Waals surface area contributed by atoms with Crippen molar-refractivity contribution in [1.82, 2.24) is 4.31 Å². The third-order valence-corrected chi connectivity index (χ3v) is 4.31. The Morgan fingerprint density at radius 3 is 2.35 bits per heavy atom. The van der Waals surface area contributed by atoms with Crippen molar-refractivity contribution in [2.75, 3.05) is 20.1 Å². The summed E-state index contributed by atoms with van der Waals surface area (Å²) in [4.78, 5) is 0.217. The number of aliphatic hydroxyl groups excluding tert-OH is 1. The molecule has 1 unspecified atom stereocenters. The number of aryl methyl sites for hydroxylation is 1. The Bertz CT molecular complexity index is 456. The summed E-state index contributed by atoms with van der Waals surface area (Å²) in [5, 5.41) is 9.35. The second-order valence-corrected chi connectivity index (χ2v) is 6.03. The first-order valence-electron chi connectivity index (χ1n) is 5.29. The molecule has 0 aliphatic carbocycles. The monoisotopic (exact) mass is 258 g/mol. The average Bonchev–Trinajstić information content (AvgIpc) is 2.29. The Hall–Kier alpha value is -0.950. The fraction of sp³-hybridized carbons (Fsp3) is 0.455. The number of aliphatic hydroxyl groups is 1. The van der Waals surface area contributed by atoms with Crippen molar-refractivity contribution >= 4 is 10.0 Å². The number of nitrogens with zero attached hydrogens (tertiary/aromatic N) is 1. The van der Waals surface area contributed by atoms with Crippen LogP contribution in [0.25, 0.3) is 0 Å². The Labute approximate surface area is 102 Å². The highest BCUT2D eigenvalue weighted by Gasteiger charge is 2.22. The number of hydrogen-bond acceptors (Lipinski definition) is 4. The zero-order chi connectivity index (χ0) is 13.1. The molecule has 96 valence electrons. The number of likely N-dealkylation sites (N-methyl/N-ethyl adjacent to an activating group) is 1. The molecule has 0 aromatic heterocycles. The first kappa shape index (κ1) is 14.1. The second kappa shape index (κ2) is 5.59. The third-order valence-electron chi connectivity index (χ3n) is 2.47. The van der Waals surface area contributed by atoms with E-state index in [0.29, 0.717) is 0 Å². The molecule has 0 bridgehead atoms. The minimum absolute atomic E-state index is 0.00723. The lowest BCUT2D eigenvalue weighted by Crippen LogP contribution is -2.37. The molecule has 0 aliphatic heterocycles. The molecule has 1 rings (SSSR count). The van der Waals surface area contributed by atoms with E-state index in [9.17, 15) is 13.5 Å². The zero-order valence-electron chi connectivity index (χ0n) is 10.00. The lowest BCUT2D eigenvalue weighted by Gasteiger charge is -2.19. The molecule has 0 fully saturated rings. The summed E-state index contributed by atoms with van der Waals surface area (Å²) in [6.07, 6.45) is -0.847. The molecule has 0 heterocycles. The molecule has 0 radical (unpaired) electrons. The molecule has 6 heteroatoms. The standard InChI is InChI=1S/C11H18N2O3S/c1-9-3-5-11(6-4-9)17(15,16)13(2)8-10(14)7-12/h3-6,10,14H,7-8,12H2,1-2H3. The van der Waals surface area contributed by atoms with Gasteiger partial charge in [0.2, 0.25) is 10.0 Å². The second-order valence-electron chi connectivity index (χ2n) is 3.99. The molecule has 1 aromatic rings. The highest BCUT2D eigenvalue weighted by molar-refractivity contribution is 7.89. The summed E-state index contributed by atoms with van der Waals surface area (Å²) in [6.45, 7) is 1.92. The van der Waals surface area contributed by atoms with Crippen molar-refractivity contribution in [1.29, 1.82) is 0 Å². The fourth-order valence-corrected chi connectivity index (χ4v) is 2.57. The summed E-state index contributed by atoms with van der Waals surface area (Å²) in [6, 6.07) is 6.58. The summed E-state index contributed by atoms with van der Waals surface area (Å²) < 4.78 is 25.2. The highest BCUT2D eigenvalue weighted by Crippen LogP contribution is 2.14. The van der Waals surface area contributed by atoms with Gasteiger partial charge in [0.05, 0.1) is 11.0 Å². The van der Waals surface area contributed by atoms with Crippen LogP contribution in [0.5, 0.6) is 0 Å². The smallest absolute Gasteiger partial charge is 0.242 e. The van der Waals surface area contributed by atoms with Gasteiger partial charge in [0.25, 0.3) is 0 Å². The number of rotatable bonds is 5. The third kappa shape index (κ3) is 3.50. The van der Waals surface area contributed by atoms with Crippen molar-refractivity contribution in [3.63, 3.8) is 0 Å². The van der Waals surface area contributed by atoms with Gasteiger partial charge in [0, 0.05) is 20.1 Å². The van der Waals surface area contributed by atoms with Crippen LogP contribution >= 0.6 is 0 Å². The fourth-order valence-electron chi connectivity index (χ4n) is 1.36. The molecular weight excluding hydrogens is 240 g/mol.